The van der Waals surface area contributed by atoms with Gasteiger partial charge in [0, 0.05) is 45.1 Å². The van der Waals surface area contributed by atoms with Crippen molar-refractivity contribution in [2.45, 2.75) is 33.0 Å². The predicted molar refractivity (Wildman–Crippen MR) is 122 cm³/mol. The molecule has 0 unspecified atom stereocenters. The van der Waals surface area contributed by atoms with Gasteiger partial charge in [-0.15, -0.1) is 0 Å². The van der Waals surface area contributed by atoms with Crippen molar-refractivity contribution in [2.75, 3.05) is 50.2 Å². The van der Waals surface area contributed by atoms with Gasteiger partial charge in [0.1, 0.15) is 22.5 Å². The summed E-state index contributed by atoms with van der Waals surface area (Å²) in [6, 6.07) is 6.55. The highest BCUT2D eigenvalue weighted by molar-refractivity contribution is 5.90. The van der Waals surface area contributed by atoms with Gasteiger partial charge in [0.25, 0.3) is 0 Å². The van der Waals surface area contributed by atoms with Gasteiger partial charge in [-0.3, -0.25) is 4.68 Å². The maximum atomic E-state index is 13.4. The van der Waals surface area contributed by atoms with E-state index >= 15 is 0 Å². The van der Waals surface area contributed by atoms with E-state index in [0.29, 0.717) is 44.2 Å². The number of nitrogens with one attached hydrogen (secondary N) is 2. The molecule has 1 saturated heterocycles. The Morgan fingerprint density at radius 2 is 2.06 bits per heavy atom. The summed E-state index contributed by atoms with van der Waals surface area (Å²) in [7, 11) is 1.64. The van der Waals surface area contributed by atoms with Gasteiger partial charge < -0.3 is 25.0 Å². The Hall–Kier alpha value is -2.82. The maximum Gasteiger partial charge on any atom is 0.228 e. The second-order valence-electron chi connectivity index (χ2n) is 7.80. The molecule has 0 aliphatic carbocycles. The molecule has 3 heterocycles. The summed E-state index contributed by atoms with van der Waals surface area (Å²) in [5.41, 5.74) is 2.99. The molecule has 0 saturated carbocycles. The lowest BCUT2D eigenvalue weighted by Crippen LogP contribution is -2.49. The van der Waals surface area contributed by atoms with Crippen molar-refractivity contribution in [3.63, 3.8) is 0 Å². The lowest BCUT2D eigenvalue weighted by atomic mass is 10.2. The van der Waals surface area contributed by atoms with Crippen LogP contribution in [0.5, 0.6) is 0 Å². The molecule has 0 radical (unpaired) electrons. The fourth-order valence-corrected chi connectivity index (χ4v) is 3.84. The smallest absolute Gasteiger partial charge is 0.228 e. The highest BCUT2D eigenvalue weighted by atomic mass is 19.1. The zero-order valence-electron chi connectivity index (χ0n) is 18.8. The molecule has 9 nitrogen and oxygen atoms in total. The van der Waals surface area contributed by atoms with Crippen LogP contribution in [0.15, 0.2) is 24.3 Å². The molecular formula is C22H30FN7O2. The van der Waals surface area contributed by atoms with Gasteiger partial charge in [-0.25, -0.2) is 9.37 Å². The van der Waals surface area contributed by atoms with Gasteiger partial charge in [-0.2, -0.15) is 10.1 Å². The summed E-state index contributed by atoms with van der Waals surface area (Å²) in [5.74, 6) is 0.967. The van der Waals surface area contributed by atoms with E-state index in [2.05, 4.69) is 22.5 Å². The van der Waals surface area contributed by atoms with Crippen LogP contribution in [-0.4, -0.2) is 65.7 Å². The Bertz CT molecular complexity index is 1040. The van der Waals surface area contributed by atoms with Crippen LogP contribution in [0.3, 0.4) is 0 Å². The molecule has 1 aliphatic rings. The van der Waals surface area contributed by atoms with Crippen LogP contribution in [0.4, 0.5) is 21.8 Å². The Morgan fingerprint density at radius 3 is 2.78 bits per heavy atom. The van der Waals surface area contributed by atoms with Crippen molar-refractivity contribution in [3.8, 4) is 0 Å². The molecule has 1 fully saturated rings. The van der Waals surface area contributed by atoms with E-state index < -0.39 is 0 Å². The van der Waals surface area contributed by atoms with E-state index in [1.165, 1.54) is 12.1 Å². The minimum atomic E-state index is -0.289. The summed E-state index contributed by atoms with van der Waals surface area (Å²) in [5, 5.41) is 11.5. The average molecular weight is 444 g/mol. The summed E-state index contributed by atoms with van der Waals surface area (Å²) in [6.45, 7) is 8.63. The third kappa shape index (κ3) is 4.98. The molecule has 2 aromatic heterocycles. The third-order valence-corrected chi connectivity index (χ3v) is 5.34. The summed E-state index contributed by atoms with van der Waals surface area (Å²) in [6.07, 6.45) is 0. The fourth-order valence-electron chi connectivity index (χ4n) is 3.84. The first kappa shape index (κ1) is 22.4. The summed E-state index contributed by atoms with van der Waals surface area (Å²) >= 11 is 0. The van der Waals surface area contributed by atoms with Crippen molar-refractivity contribution in [1.29, 1.82) is 0 Å². The monoisotopic (exact) mass is 443 g/mol. The van der Waals surface area contributed by atoms with E-state index in [-0.39, 0.29) is 5.82 Å². The molecule has 1 atom stereocenters. The molecule has 0 spiro atoms. The van der Waals surface area contributed by atoms with Gasteiger partial charge in [-0.1, -0.05) is 0 Å². The van der Waals surface area contributed by atoms with Gasteiger partial charge in [0.15, 0.2) is 5.82 Å². The number of benzene rings is 1. The fraction of sp³-hybridized carbons (Fsp3) is 0.500. The van der Waals surface area contributed by atoms with Crippen molar-refractivity contribution in [3.05, 3.63) is 35.8 Å². The summed E-state index contributed by atoms with van der Waals surface area (Å²) in [4.78, 5) is 12.0. The van der Waals surface area contributed by atoms with Crippen molar-refractivity contribution < 1.29 is 13.9 Å². The lowest BCUT2D eigenvalue weighted by molar-refractivity contribution is 0.136. The van der Waals surface area contributed by atoms with Gasteiger partial charge in [0.2, 0.25) is 5.95 Å². The quantitative estimate of drug-likeness (QED) is 0.488. The van der Waals surface area contributed by atoms with E-state index in [9.17, 15) is 4.39 Å². The minimum absolute atomic E-state index is 0.289. The average Bonchev–Trinajstić information content (AvgIpc) is 3.13. The normalized spacial score (nSPS) is 16.6. The molecule has 3 aromatic rings. The van der Waals surface area contributed by atoms with Crippen molar-refractivity contribution in [2.24, 2.45) is 0 Å². The predicted octanol–water partition coefficient (Wildman–Crippen LogP) is 2.69. The van der Waals surface area contributed by atoms with Crippen LogP contribution in [-0.2, 0) is 22.6 Å². The van der Waals surface area contributed by atoms with E-state index in [0.717, 1.165) is 42.0 Å². The number of rotatable bonds is 9. The Kier molecular flexibility index (Phi) is 7.13. The Morgan fingerprint density at radius 1 is 1.25 bits per heavy atom. The molecule has 0 amide bonds. The van der Waals surface area contributed by atoms with Crippen LogP contribution in [0.1, 0.15) is 19.5 Å². The maximum absolute atomic E-state index is 13.4. The topological polar surface area (TPSA) is 89.4 Å². The molecular weight excluding hydrogens is 413 g/mol. The zero-order chi connectivity index (χ0) is 22.5. The number of fused-ring (bicyclic) bond motifs is 1. The van der Waals surface area contributed by atoms with E-state index in [1.54, 1.807) is 19.2 Å². The van der Waals surface area contributed by atoms with Crippen LogP contribution in [0.25, 0.3) is 11.0 Å². The SMILES string of the molecule is CCOCCn1nc(COC)c2nc(N3CCN[C@H](C)C3)nc(Nc3ccc(F)cc3)c21. The molecule has 4 rings (SSSR count). The van der Waals surface area contributed by atoms with Crippen LogP contribution in [0.2, 0.25) is 0 Å². The minimum Gasteiger partial charge on any atom is -0.380 e. The van der Waals surface area contributed by atoms with E-state index in [1.807, 2.05) is 11.6 Å². The number of ether oxygens (including phenoxy) is 2. The second-order valence-corrected chi connectivity index (χ2v) is 7.80. The first-order valence-electron chi connectivity index (χ1n) is 10.9. The largest absolute Gasteiger partial charge is 0.380 e. The second kappa shape index (κ2) is 10.2. The Balaban J connectivity index is 1.81. The molecule has 10 heteroatoms. The highest BCUT2D eigenvalue weighted by Crippen LogP contribution is 2.29. The standard InChI is InChI=1S/C22H30FN7O2/c1-4-32-12-11-30-20-19(18(28-30)14-31-3)26-22(29-10-9-24-15(2)13-29)27-21(20)25-17-7-5-16(23)6-8-17/h5-8,15,24H,4,9-14H2,1-3H3,(H,25,26,27)/t15-/m1/s1. The number of piperazine rings is 1. The zero-order valence-corrected chi connectivity index (χ0v) is 18.8. The number of hydrogen-bond acceptors (Lipinski definition) is 8. The Labute approximate surface area is 186 Å². The number of aromatic nitrogens is 4. The number of methoxy groups -OCH3 is 1. The first-order valence-corrected chi connectivity index (χ1v) is 10.9. The molecule has 32 heavy (non-hydrogen) atoms. The molecule has 0 bridgehead atoms. The molecule has 1 aliphatic heterocycles. The van der Waals surface area contributed by atoms with Gasteiger partial charge in [0.05, 0.1) is 19.8 Å². The number of hydrogen-bond donors (Lipinski definition) is 2. The first-order chi connectivity index (χ1) is 15.6. The van der Waals surface area contributed by atoms with Crippen LogP contribution < -0.4 is 15.5 Å². The van der Waals surface area contributed by atoms with Crippen molar-refractivity contribution in [1.82, 2.24) is 25.1 Å². The molecule has 2 N–H and O–H groups in total. The third-order valence-electron chi connectivity index (χ3n) is 5.34. The number of nitrogens with zero attached hydrogens (tertiary/aromatic N) is 5. The van der Waals surface area contributed by atoms with Crippen LogP contribution in [0, 0.1) is 5.82 Å². The van der Waals surface area contributed by atoms with Gasteiger partial charge >= 0.3 is 0 Å². The highest BCUT2D eigenvalue weighted by Gasteiger charge is 2.24. The number of anilines is 3. The molecule has 172 valence electrons. The van der Waals surface area contributed by atoms with Crippen LogP contribution >= 0.6 is 0 Å². The lowest BCUT2D eigenvalue weighted by Gasteiger charge is -2.32. The van der Waals surface area contributed by atoms with E-state index in [4.69, 9.17) is 24.5 Å². The number of halogens is 1. The van der Waals surface area contributed by atoms with Crippen molar-refractivity contribution >= 4 is 28.5 Å². The summed E-state index contributed by atoms with van der Waals surface area (Å²) < 4.78 is 26.2. The van der Waals surface area contributed by atoms with Gasteiger partial charge in [-0.05, 0) is 38.1 Å². The molecule has 1 aromatic carbocycles.